The highest BCUT2D eigenvalue weighted by Gasteiger charge is 2.22. The van der Waals surface area contributed by atoms with Crippen LogP contribution in [0.15, 0.2) is 0 Å². The van der Waals surface area contributed by atoms with Crippen molar-refractivity contribution in [2.45, 2.75) is 38.4 Å². The first-order valence-electron chi connectivity index (χ1n) is 4.01. The van der Waals surface area contributed by atoms with Gasteiger partial charge in [-0.2, -0.15) is 0 Å². The average Bonchev–Trinajstić information content (AvgIpc) is 2.37. The van der Waals surface area contributed by atoms with Crippen molar-refractivity contribution in [1.82, 2.24) is 0 Å². The zero-order chi connectivity index (χ0) is 7.40. The van der Waals surface area contributed by atoms with Crippen LogP contribution < -0.4 is 0 Å². The molecule has 1 aliphatic heterocycles. The van der Waals surface area contributed by atoms with Gasteiger partial charge in [0.05, 0.1) is 18.8 Å². The van der Waals surface area contributed by atoms with E-state index in [2.05, 4.69) is 6.92 Å². The van der Waals surface area contributed by atoms with Crippen LogP contribution in [0.3, 0.4) is 0 Å². The van der Waals surface area contributed by atoms with E-state index in [1.54, 1.807) is 7.11 Å². The highest BCUT2D eigenvalue weighted by Crippen LogP contribution is 2.21. The molecular formula is C8H16O2. The van der Waals surface area contributed by atoms with Gasteiger partial charge in [0.25, 0.3) is 0 Å². The molecule has 1 rings (SSSR count). The molecule has 0 bridgehead atoms. The van der Waals surface area contributed by atoms with E-state index in [0.717, 1.165) is 13.0 Å². The van der Waals surface area contributed by atoms with E-state index in [1.165, 1.54) is 12.8 Å². The molecule has 0 aromatic rings. The molecule has 1 heterocycles. The van der Waals surface area contributed by atoms with Crippen LogP contribution in [0.5, 0.6) is 0 Å². The molecule has 10 heavy (non-hydrogen) atoms. The molecule has 1 saturated heterocycles. The van der Waals surface area contributed by atoms with Crippen molar-refractivity contribution in [2.24, 2.45) is 0 Å². The van der Waals surface area contributed by atoms with Gasteiger partial charge >= 0.3 is 0 Å². The number of rotatable bonds is 3. The van der Waals surface area contributed by atoms with E-state index < -0.39 is 0 Å². The molecule has 0 radical (unpaired) electrons. The van der Waals surface area contributed by atoms with Gasteiger partial charge in [0.2, 0.25) is 0 Å². The molecule has 60 valence electrons. The Balaban J connectivity index is 2.15. The molecule has 0 saturated carbocycles. The fraction of sp³-hybridized carbons (Fsp3) is 1.00. The normalized spacial score (nSPS) is 33.0. The van der Waals surface area contributed by atoms with Gasteiger partial charge in [0, 0.05) is 7.11 Å². The predicted octanol–water partition coefficient (Wildman–Crippen LogP) is 1.59. The molecule has 0 aromatic heterocycles. The number of methoxy groups -OCH3 is 1. The lowest BCUT2D eigenvalue weighted by Crippen LogP contribution is -2.15. The molecular weight excluding hydrogens is 128 g/mol. The van der Waals surface area contributed by atoms with Crippen LogP contribution in [-0.2, 0) is 9.47 Å². The Kier molecular flexibility index (Phi) is 3.16. The lowest BCUT2D eigenvalue weighted by molar-refractivity contribution is -0.00234. The van der Waals surface area contributed by atoms with E-state index in [9.17, 15) is 0 Å². The summed E-state index contributed by atoms with van der Waals surface area (Å²) in [5, 5.41) is 0. The second-order valence-corrected chi connectivity index (χ2v) is 2.82. The van der Waals surface area contributed by atoms with E-state index in [0.29, 0.717) is 12.2 Å². The largest absolute Gasteiger partial charge is 0.382 e. The lowest BCUT2D eigenvalue weighted by atomic mass is 10.2. The van der Waals surface area contributed by atoms with Gasteiger partial charge in [0.1, 0.15) is 0 Å². The molecule has 0 N–H and O–H groups in total. The summed E-state index contributed by atoms with van der Waals surface area (Å²) in [6.07, 6.45) is 4.40. The molecule has 0 aliphatic carbocycles. The van der Waals surface area contributed by atoms with Crippen molar-refractivity contribution >= 4 is 0 Å². The fourth-order valence-corrected chi connectivity index (χ4v) is 1.39. The van der Waals surface area contributed by atoms with E-state index in [-0.39, 0.29) is 0 Å². The van der Waals surface area contributed by atoms with Gasteiger partial charge < -0.3 is 9.47 Å². The van der Waals surface area contributed by atoms with E-state index >= 15 is 0 Å². The third-order valence-electron chi connectivity index (χ3n) is 2.00. The Morgan fingerprint density at radius 3 is 2.60 bits per heavy atom. The van der Waals surface area contributed by atoms with Gasteiger partial charge in [-0.25, -0.2) is 0 Å². The third-order valence-corrected chi connectivity index (χ3v) is 2.00. The lowest BCUT2D eigenvalue weighted by Gasteiger charge is -2.10. The summed E-state index contributed by atoms with van der Waals surface area (Å²) < 4.78 is 10.6. The molecule has 0 aromatic carbocycles. The first kappa shape index (κ1) is 8.02. The Morgan fingerprint density at radius 2 is 2.10 bits per heavy atom. The molecule has 2 heteroatoms. The van der Waals surface area contributed by atoms with E-state index in [1.807, 2.05) is 0 Å². The summed E-state index contributed by atoms with van der Waals surface area (Å²) in [7, 11) is 1.72. The molecule has 1 aliphatic rings. The first-order chi connectivity index (χ1) is 4.86. The van der Waals surface area contributed by atoms with Gasteiger partial charge in [-0.05, 0) is 19.3 Å². The second kappa shape index (κ2) is 3.94. The fourth-order valence-electron chi connectivity index (χ4n) is 1.39. The number of hydrogen-bond donors (Lipinski definition) is 0. The molecule has 2 nitrogen and oxygen atoms in total. The second-order valence-electron chi connectivity index (χ2n) is 2.82. The maximum absolute atomic E-state index is 5.63. The molecule has 1 fully saturated rings. The zero-order valence-electron chi connectivity index (χ0n) is 6.80. The quantitative estimate of drug-likeness (QED) is 0.599. The van der Waals surface area contributed by atoms with Crippen LogP contribution in [0.4, 0.5) is 0 Å². The zero-order valence-corrected chi connectivity index (χ0v) is 6.80. The van der Waals surface area contributed by atoms with Gasteiger partial charge in [0.15, 0.2) is 0 Å². The number of hydrogen-bond acceptors (Lipinski definition) is 2. The molecule has 2 atom stereocenters. The van der Waals surface area contributed by atoms with Crippen LogP contribution in [0.2, 0.25) is 0 Å². The van der Waals surface area contributed by atoms with Crippen LogP contribution >= 0.6 is 0 Å². The number of ether oxygens (including phenoxy) is 2. The van der Waals surface area contributed by atoms with Crippen molar-refractivity contribution in [3.8, 4) is 0 Å². The minimum atomic E-state index is 0.370. The summed E-state index contributed by atoms with van der Waals surface area (Å²) in [6.45, 7) is 2.93. The Bertz CT molecular complexity index is 93.3. The summed E-state index contributed by atoms with van der Waals surface area (Å²) in [4.78, 5) is 0. The Labute approximate surface area is 62.5 Å². The van der Waals surface area contributed by atoms with Gasteiger partial charge in [-0.1, -0.05) is 6.92 Å². The minimum absolute atomic E-state index is 0.370. The van der Waals surface area contributed by atoms with Gasteiger partial charge in [-0.15, -0.1) is 0 Å². The summed E-state index contributed by atoms with van der Waals surface area (Å²) >= 11 is 0. The summed E-state index contributed by atoms with van der Waals surface area (Å²) in [6, 6.07) is 0. The summed E-state index contributed by atoms with van der Waals surface area (Å²) in [5.41, 5.74) is 0. The van der Waals surface area contributed by atoms with Crippen molar-refractivity contribution in [2.75, 3.05) is 13.7 Å². The third kappa shape index (κ3) is 1.96. The maximum atomic E-state index is 5.63. The van der Waals surface area contributed by atoms with Crippen molar-refractivity contribution in [1.29, 1.82) is 0 Å². The average molecular weight is 144 g/mol. The first-order valence-corrected chi connectivity index (χ1v) is 4.01. The topological polar surface area (TPSA) is 18.5 Å². The van der Waals surface area contributed by atoms with Crippen molar-refractivity contribution < 1.29 is 9.47 Å². The Morgan fingerprint density at radius 1 is 1.40 bits per heavy atom. The highest BCUT2D eigenvalue weighted by atomic mass is 16.5. The van der Waals surface area contributed by atoms with Crippen LogP contribution in [0.1, 0.15) is 26.2 Å². The molecule has 2 unspecified atom stereocenters. The van der Waals surface area contributed by atoms with Crippen molar-refractivity contribution in [3.05, 3.63) is 0 Å². The Hall–Kier alpha value is -0.0800. The molecule has 0 spiro atoms. The van der Waals surface area contributed by atoms with Crippen molar-refractivity contribution in [3.63, 3.8) is 0 Å². The molecule has 0 amide bonds. The maximum Gasteiger partial charge on any atom is 0.0813 e. The minimum Gasteiger partial charge on any atom is -0.382 e. The highest BCUT2D eigenvalue weighted by molar-refractivity contribution is 4.71. The predicted molar refractivity (Wildman–Crippen MR) is 40.1 cm³/mol. The van der Waals surface area contributed by atoms with E-state index in [4.69, 9.17) is 9.47 Å². The summed E-state index contributed by atoms with van der Waals surface area (Å²) in [5.74, 6) is 0. The smallest absolute Gasteiger partial charge is 0.0813 e. The van der Waals surface area contributed by atoms with Crippen LogP contribution in [0, 0.1) is 0 Å². The monoisotopic (exact) mass is 144 g/mol. The SMILES string of the molecule is CCC1CCC(COC)O1. The van der Waals surface area contributed by atoms with Crippen LogP contribution in [0.25, 0.3) is 0 Å². The van der Waals surface area contributed by atoms with Crippen LogP contribution in [-0.4, -0.2) is 25.9 Å². The van der Waals surface area contributed by atoms with Gasteiger partial charge in [-0.3, -0.25) is 0 Å². The standard InChI is InChI=1S/C8H16O2/c1-3-7-4-5-8(10-7)6-9-2/h7-8H,3-6H2,1-2H3.